The number of hydrogen-bond donors (Lipinski definition) is 1. The first kappa shape index (κ1) is 14.8. The van der Waals surface area contributed by atoms with E-state index in [9.17, 15) is 0 Å². The van der Waals surface area contributed by atoms with Gasteiger partial charge in [-0.05, 0) is 39.8 Å². The summed E-state index contributed by atoms with van der Waals surface area (Å²) in [5.41, 5.74) is 7.34. The molecule has 0 spiro atoms. The van der Waals surface area contributed by atoms with Gasteiger partial charge < -0.3 is 15.5 Å². The number of thiazole rings is 1. The molecule has 2 rings (SSSR count). The van der Waals surface area contributed by atoms with Gasteiger partial charge in [-0.25, -0.2) is 4.98 Å². The molecule has 0 fully saturated rings. The number of aryl methyl sites for hydroxylation is 1. The molecule has 1 atom stereocenters. The molecule has 4 nitrogen and oxygen atoms in total. The minimum atomic E-state index is 0.158. The normalized spacial score (nSPS) is 18.7. The van der Waals surface area contributed by atoms with Crippen LogP contribution in [-0.2, 0) is 6.42 Å². The van der Waals surface area contributed by atoms with Crippen LogP contribution in [0.4, 0.5) is 5.13 Å². The molecule has 0 radical (unpaired) electrons. The van der Waals surface area contributed by atoms with Crippen molar-refractivity contribution in [2.24, 2.45) is 5.73 Å². The Hall–Kier alpha value is -0.650. The molecule has 0 saturated carbocycles. The van der Waals surface area contributed by atoms with Gasteiger partial charge in [0.15, 0.2) is 5.13 Å². The predicted molar refractivity (Wildman–Crippen MR) is 83.0 cm³/mol. The molecule has 1 aliphatic carbocycles. The van der Waals surface area contributed by atoms with E-state index in [2.05, 4.69) is 30.8 Å². The number of rotatable bonds is 6. The lowest BCUT2D eigenvalue weighted by Gasteiger charge is -2.23. The summed E-state index contributed by atoms with van der Waals surface area (Å²) in [7, 11) is 4.24. The zero-order chi connectivity index (χ0) is 13.8. The summed E-state index contributed by atoms with van der Waals surface area (Å²) in [6.07, 6.45) is 4.61. The molecule has 108 valence electrons. The smallest absolute Gasteiger partial charge is 0.185 e. The molecule has 0 aliphatic heterocycles. The van der Waals surface area contributed by atoms with Crippen LogP contribution in [0, 0.1) is 0 Å². The van der Waals surface area contributed by atoms with Gasteiger partial charge in [0, 0.05) is 30.6 Å². The number of hydrogen-bond acceptors (Lipinski definition) is 5. The first-order valence-corrected chi connectivity index (χ1v) is 8.08. The molecule has 2 N–H and O–H groups in total. The molecule has 1 aromatic heterocycles. The number of nitrogens with two attached hydrogens (primary N) is 1. The van der Waals surface area contributed by atoms with E-state index in [0.29, 0.717) is 0 Å². The summed E-state index contributed by atoms with van der Waals surface area (Å²) < 4.78 is 0. The van der Waals surface area contributed by atoms with Gasteiger partial charge in [-0.1, -0.05) is 6.92 Å². The predicted octanol–water partition coefficient (Wildman–Crippen LogP) is 2.26. The molecule has 0 bridgehead atoms. The number of fused-ring (bicyclic) bond motifs is 1. The summed E-state index contributed by atoms with van der Waals surface area (Å²) >= 11 is 1.86. The van der Waals surface area contributed by atoms with Crippen molar-refractivity contribution in [2.75, 3.05) is 38.6 Å². The highest BCUT2D eigenvalue weighted by Crippen LogP contribution is 2.35. The van der Waals surface area contributed by atoms with Gasteiger partial charge in [-0.2, -0.15) is 0 Å². The SMILES string of the molecule is CCCN(CCN(C)C)c1nc2c(s1)CCCC2N. The Kier molecular flexibility index (Phi) is 5.19. The molecule has 19 heavy (non-hydrogen) atoms. The fraction of sp³-hybridized carbons (Fsp3) is 0.786. The van der Waals surface area contributed by atoms with E-state index in [1.54, 1.807) is 0 Å². The van der Waals surface area contributed by atoms with Gasteiger partial charge in [-0.15, -0.1) is 11.3 Å². The van der Waals surface area contributed by atoms with Crippen molar-refractivity contribution in [3.63, 3.8) is 0 Å². The van der Waals surface area contributed by atoms with Crippen LogP contribution >= 0.6 is 11.3 Å². The summed E-state index contributed by atoms with van der Waals surface area (Å²) in [5, 5.41) is 1.17. The zero-order valence-electron chi connectivity index (χ0n) is 12.4. The Balaban J connectivity index is 2.12. The zero-order valence-corrected chi connectivity index (χ0v) is 13.2. The van der Waals surface area contributed by atoms with Crippen LogP contribution < -0.4 is 10.6 Å². The Morgan fingerprint density at radius 1 is 1.32 bits per heavy atom. The van der Waals surface area contributed by atoms with E-state index in [0.717, 1.165) is 44.6 Å². The minimum Gasteiger partial charge on any atom is -0.347 e. The van der Waals surface area contributed by atoms with Crippen molar-refractivity contribution in [2.45, 2.75) is 38.6 Å². The molecule has 1 aliphatic rings. The average molecular weight is 282 g/mol. The lowest BCUT2D eigenvalue weighted by molar-refractivity contribution is 0.412. The third-order valence-electron chi connectivity index (χ3n) is 3.57. The molecule has 1 aromatic rings. The lowest BCUT2D eigenvalue weighted by Crippen LogP contribution is -2.32. The Morgan fingerprint density at radius 2 is 2.11 bits per heavy atom. The topological polar surface area (TPSA) is 45.4 Å². The molecule has 5 heteroatoms. The minimum absolute atomic E-state index is 0.158. The maximum Gasteiger partial charge on any atom is 0.185 e. The first-order chi connectivity index (χ1) is 9.11. The maximum absolute atomic E-state index is 6.17. The van der Waals surface area contributed by atoms with Gasteiger partial charge in [0.05, 0.1) is 5.69 Å². The van der Waals surface area contributed by atoms with E-state index in [1.807, 2.05) is 11.3 Å². The standard InChI is InChI=1S/C14H26N4S/c1-4-8-18(10-9-17(2)3)14-16-13-11(15)6-5-7-12(13)19-14/h11H,4-10,15H2,1-3H3. The average Bonchev–Trinajstić information content (AvgIpc) is 2.79. The third kappa shape index (κ3) is 3.68. The molecule has 0 aromatic carbocycles. The maximum atomic E-state index is 6.17. The number of aromatic nitrogens is 1. The van der Waals surface area contributed by atoms with Gasteiger partial charge >= 0.3 is 0 Å². The third-order valence-corrected chi connectivity index (χ3v) is 4.76. The molecule has 1 unspecified atom stereocenters. The van der Waals surface area contributed by atoms with E-state index >= 15 is 0 Å². The number of anilines is 1. The van der Waals surface area contributed by atoms with Crippen LogP contribution in [0.1, 0.15) is 42.8 Å². The van der Waals surface area contributed by atoms with Crippen LogP contribution in [0.3, 0.4) is 0 Å². The molecule has 0 saturated heterocycles. The second-order valence-electron chi connectivity index (χ2n) is 5.59. The first-order valence-electron chi connectivity index (χ1n) is 7.26. The van der Waals surface area contributed by atoms with Crippen molar-refractivity contribution in [3.05, 3.63) is 10.6 Å². The summed E-state index contributed by atoms with van der Waals surface area (Å²) in [4.78, 5) is 10.9. The van der Waals surface area contributed by atoms with E-state index in [4.69, 9.17) is 10.7 Å². The van der Waals surface area contributed by atoms with Crippen molar-refractivity contribution < 1.29 is 0 Å². The quantitative estimate of drug-likeness (QED) is 0.869. The largest absolute Gasteiger partial charge is 0.347 e. The van der Waals surface area contributed by atoms with Crippen LogP contribution in [0.2, 0.25) is 0 Å². The molecular formula is C14H26N4S. The van der Waals surface area contributed by atoms with E-state index in [-0.39, 0.29) is 6.04 Å². The Labute approximate surface area is 120 Å². The molecule has 0 amide bonds. The summed E-state index contributed by atoms with van der Waals surface area (Å²) in [5.74, 6) is 0. The van der Waals surface area contributed by atoms with Gasteiger partial charge in [-0.3, -0.25) is 0 Å². The van der Waals surface area contributed by atoms with Gasteiger partial charge in [0.2, 0.25) is 0 Å². The second-order valence-corrected chi connectivity index (χ2v) is 6.66. The fourth-order valence-corrected chi connectivity index (χ4v) is 3.69. The van der Waals surface area contributed by atoms with Gasteiger partial charge in [0.25, 0.3) is 0 Å². The highest BCUT2D eigenvalue weighted by atomic mass is 32.1. The Bertz CT molecular complexity index is 402. The van der Waals surface area contributed by atoms with Crippen LogP contribution in [-0.4, -0.2) is 43.6 Å². The van der Waals surface area contributed by atoms with Crippen molar-refractivity contribution in [3.8, 4) is 0 Å². The second kappa shape index (κ2) is 6.68. The highest BCUT2D eigenvalue weighted by molar-refractivity contribution is 7.15. The number of likely N-dealkylation sites (N-methyl/N-ethyl adjacent to an activating group) is 1. The van der Waals surface area contributed by atoms with Crippen molar-refractivity contribution in [1.82, 2.24) is 9.88 Å². The summed E-state index contributed by atoms with van der Waals surface area (Å²) in [6.45, 7) is 5.41. The van der Waals surface area contributed by atoms with Crippen LogP contribution in [0.25, 0.3) is 0 Å². The molecule has 1 heterocycles. The highest BCUT2D eigenvalue weighted by Gasteiger charge is 2.23. The van der Waals surface area contributed by atoms with Crippen LogP contribution in [0.5, 0.6) is 0 Å². The number of nitrogens with zero attached hydrogens (tertiary/aromatic N) is 3. The fourth-order valence-electron chi connectivity index (χ4n) is 2.47. The van der Waals surface area contributed by atoms with Gasteiger partial charge in [0.1, 0.15) is 0 Å². The van der Waals surface area contributed by atoms with Crippen LogP contribution in [0.15, 0.2) is 0 Å². The van der Waals surface area contributed by atoms with E-state index < -0.39 is 0 Å². The lowest BCUT2D eigenvalue weighted by atomic mass is 9.99. The monoisotopic (exact) mass is 282 g/mol. The van der Waals surface area contributed by atoms with E-state index in [1.165, 1.54) is 16.4 Å². The molecular weight excluding hydrogens is 256 g/mol. The van der Waals surface area contributed by atoms with Crippen molar-refractivity contribution in [1.29, 1.82) is 0 Å². The summed E-state index contributed by atoms with van der Waals surface area (Å²) in [6, 6.07) is 0.158. The Morgan fingerprint density at radius 3 is 2.74 bits per heavy atom. The van der Waals surface area contributed by atoms with Crippen molar-refractivity contribution >= 4 is 16.5 Å².